The van der Waals surface area contributed by atoms with Crippen molar-refractivity contribution in [1.29, 1.82) is 5.26 Å². The van der Waals surface area contributed by atoms with E-state index in [9.17, 15) is 14.4 Å². The third kappa shape index (κ3) is 4.63. The Bertz CT molecular complexity index is 1810. The number of nitrogens with zero attached hydrogens (tertiary/aromatic N) is 6. The third-order valence-electron chi connectivity index (χ3n) is 10.9. The zero-order chi connectivity index (χ0) is 31.7. The predicted molar refractivity (Wildman–Crippen MR) is 166 cm³/mol. The van der Waals surface area contributed by atoms with E-state index in [1.54, 1.807) is 11.0 Å². The Hall–Kier alpha value is -4.17. The zero-order valence-corrected chi connectivity index (χ0v) is 25.5. The van der Waals surface area contributed by atoms with Crippen molar-refractivity contribution in [3.05, 3.63) is 59.7 Å². The second-order valence-corrected chi connectivity index (χ2v) is 13.5. The molecule has 0 radical (unpaired) electrons. The van der Waals surface area contributed by atoms with E-state index in [0.717, 1.165) is 43.4 Å². The highest BCUT2D eigenvalue weighted by atomic mass is 19.1. The van der Waals surface area contributed by atoms with E-state index in [1.165, 1.54) is 12.1 Å². The summed E-state index contributed by atoms with van der Waals surface area (Å²) in [6, 6.07) is 8.59. The van der Waals surface area contributed by atoms with Gasteiger partial charge in [0.25, 0.3) is 0 Å². The molecule has 2 aliphatic carbocycles. The van der Waals surface area contributed by atoms with Crippen molar-refractivity contribution in [2.45, 2.75) is 62.2 Å². The van der Waals surface area contributed by atoms with E-state index >= 15 is 8.78 Å². The molecule has 0 spiro atoms. The molecule has 2 aromatic carbocycles. The van der Waals surface area contributed by atoms with Crippen LogP contribution in [0, 0.1) is 28.9 Å². The first-order chi connectivity index (χ1) is 22.3. The second-order valence-electron chi connectivity index (χ2n) is 13.5. The Kier molecular flexibility index (Phi) is 6.98. The molecule has 1 saturated carbocycles. The van der Waals surface area contributed by atoms with Crippen molar-refractivity contribution < 1.29 is 22.7 Å². The van der Waals surface area contributed by atoms with Crippen molar-refractivity contribution in [2.75, 3.05) is 44.2 Å². The molecular formula is C35H35F3N6O2. The molecule has 1 amide bonds. The number of amides is 1. The molecule has 238 valence electrons. The van der Waals surface area contributed by atoms with Crippen LogP contribution < -0.4 is 9.64 Å². The number of fused-ring (bicyclic) bond motifs is 5. The van der Waals surface area contributed by atoms with E-state index in [-0.39, 0.29) is 60.3 Å². The number of alkyl halides is 1. The van der Waals surface area contributed by atoms with Gasteiger partial charge in [-0.2, -0.15) is 15.2 Å². The molecule has 3 saturated heterocycles. The van der Waals surface area contributed by atoms with E-state index < -0.39 is 29.4 Å². The van der Waals surface area contributed by atoms with Gasteiger partial charge in [-0.25, -0.2) is 13.2 Å². The van der Waals surface area contributed by atoms with E-state index in [1.807, 2.05) is 17.0 Å². The van der Waals surface area contributed by atoms with Gasteiger partial charge in [-0.05, 0) is 72.9 Å². The van der Waals surface area contributed by atoms with Gasteiger partial charge in [0.05, 0.1) is 29.6 Å². The Morgan fingerprint density at radius 1 is 1.22 bits per heavy atom. The number of benzene rings is 2. The van der Waals surface area contributed by atoms with Crippen molar-refractivity contribution >= 4 is 22.6 Å². The number of carbonyl (C=O) groups excluding carboxylic acids is 1. The predicted octanol–water partition coefficient (Wildman–Crippen LogP) is 5.31. The highest BCUT2D eigenvalue weighted by Crippen LogP contribution is 2.59. The van der Waals surface area contributed by atoms with Crippen LogP contribution in [-0.4, -0.2) is 82.8 Å². The topological polar surface area (TPSA) is 85.6 Å². The Morgan fingerprint density at radius 3 is 2.91 bits per heavy atom. The molecule has 5 aliphatic rings. The molecule has 11 heteroatoms. The van der Waals surface area contributed by atoms with Crippen LogP contribution in [0.5, 0.6) is 6.01 Å². The van der Waals surface area contributed by atoms with Crippen LogP contribution in [0.3, 0.4) is 0 Å². The number of aromatic nitrogens is 2. The van der Waals surface area contributed by atoms with Crippen LogP contribution >= 0.6 is 0 Å². The Balaban J connectivity index is 1.23. The number of nitriles is 1. The van der Waals surface area contributed by atoms with Gasteiger partial charge < -0.3 is 14.5 Å². The lowest BCUT2D eigenvalue weighted by Crippen LogP contribution is -2.55. The number of anilines is 1. The fraction of sp³-hybridized carbons (Fsp3) is 0.486. The minimum atomic E-state index is -0.940. The van der Waals surface area contributed by atoms with E-state index in [4.69, 9.17) is 9.72 Å². The van der Waals surface area contributed by atoms with Crippen LogP contribution in [0.15, 0.2) is 36.9 Å². The standard InChI is InChI=1S/C35H35F3N6O2/c1-2-28(45)44-12-11-42(18-23(44)7-9-39)33-26-15-27(37)30(24-6-3-5-20-13-21-14-25(21)29(20)24)31(38)32(26)40-34(41-33)46-19-35-8-4-10-43(35)17-22(36)16-35/h2-3,5-6,15,21-23,25H,1,4,7-8,10-14,16-19H2/t21?,22-,23+,25?,35+/m1/s1. The fourth-order valence-electron chi connectivity index (χ4n) is 8.65. The number of halogens is 3. The normalized spacial score (nSPS) is 28.1. The molecule has 2 unspecified atom stereocenters. The van der Waals surface area contributed by atoms with Gasteiger partial charge in [0.1, 0.15) is 29.9 Å². The van der Waals surface area contributed by atoms with Gasteiger partial charge >= 0.3 is 6.01 Å². The summed E-state index contributed by atoms with van der Waals surface area (Å²) in [7, 11) is 0. The third-order valence-corrected chi connectivity index (χ3v) is 10.9. The largest absolute Gasteiger partial charge is 0.461 e. The van der Waals surface area contributed by atoms with Crippen molar-refractivity contribution in [2.24, 2.45) is 5.92 Å². The van der Waals surface area contributed by atoms with Crippen molar-refractivity contribution in [1.82, 2.24) is 19.8 Å². The molecule has 3 aliphatic heterocycles. The molecule has 0 bridgehead atoms. The van der Waals surface area contributed by atoms with Gasteiger partial charge in [-0.15, -0.1) is 0 Å². The summed E-state index contributed by atoms with van der Waals surface area (Å²) < 4.78 is 53.7. The molecule has 5 atom stereocenters. The van der Waals surface area contributed by atoms with Gasteiger partial charge in [-0.3, -0.25) is 9.69 Å². The van der Waals surface area contributed by atoms with Crippen LogP contribution in [0.1, 0.15) is 49.1 Å². The van der Waals surface area contributed by atoms with Gasteiger partial charge in [-0.1, -0.05) is 24.8 Å². The molecule has 0 N–H and O–H groups in total. The summed E-state index contributed by atoms with van der Waals surface area (Å²) in [6.45, 7) is 5.71. The molecule has 4 heterocycles. The number of carbonyl (C=O) groups is 1. The number of hydrogen-bond acceptors (Lipinski definition) is 7. The molecule has 4 fully saturated rings. The molecule has 1 aromatic heterocycles. The lowest BCUT2D eigenvalue weighted by atomic mass is 9.93. The van der Waals surface area contributed by atoms with Crippen LogP contribution in [-0.2, 0) is 11.2 Å². The van der Waals surface area contributed by atoms with Gasteiger partial charge in [0.2, 0.25) is 5.91 Å². The number of rotatable bonds is 7. The minimum absolute atomic E-state index is 0.0589. The quantitative estimate of drug-likeness (QED) is 0.328. The first kappa shape index (κ1) is 29.2. The van der Waals surface area contributed by atoms with Crippen LogP contribution in [0.25, 0.3) is 22.0 Å². The average molecular weight is 629 g/mol. The summed E-state index contributed by atoms with van der Waals surface area (Å²) in [5.74, 6) is -0.621. The summed E-state index contributed by atoms with van der Waals surface area (Å²) in [6.07, 6.45) is 4.39. The molecule has 8 nitrogen and oxygen atoms in total. The maximum absolute atomic E-state index is 16.8. The number of piperazine rings is 1. The van der Waals surface area contributed by atoms with E-state index in [2.05, 4.69) is 22.5 Å². The zero-order valence-electron chi connectivity index (χ0n) is 25.5. The highest BCUT2D eigenvalue weighted by molar-refractivity contribution is 5.95. The number of ether oxygens (including phenoxy) is 1. The highest BCUT2D eigenvalue weighted by Gasteiger charge is 2.50. The molecular weight excluding hydrogens is 593 g/mol. The Labute approximate surface area is 265 Å². The monoisotopic (exact) mass is 628 g/mol. The van der Waals surface area contributed by atoms with Gasteiger partial charge in [0, 0.05) is 38.0 Å². The van der Waals surface area contributed by atoms with Crippen LogP contribution in [0.4, 0.5) is 19.0 Å². The second kappa shape index (κ2) is 11.0. The summed E-state index contributed by atoms with van der Waals surface area (Å²) in [4.78, 5) is 27.4. The lowest BCUT2D eigenvalue weighted by molar-refractivity contribution is -0.128. The van der Waals surface area contributed by atoms with Crippen molar-refractivity contribution in [3.8, 4) is 23.2 Å². The van der Waals surface area contributed by atoms with Crippen LogP contribution in [0.2, 0.25) is 0 Å². The molecule has 46 heavy (non-hydrogen) atoms. The SMILES string of the molecule is C=CC(=O)N1CCN(c2nc(OC[C@@]34CCCN3C[C@H](F)C4)nc3c(F)c(-c4cccc5c4C4CC4C5)c(F)cc23)C[C@@H]1CC#N. The summed E-state index contributed by atoms with van der Waals surface area (Å²) in [5, 5.41) is 9.71. The van der Waals surface area contributed by atoms with Crippen molar-refractivity contribution in [3.63, 3.8) is 0 Å². The number of hydrogen-bond donors (Lipinski definition) is 0. The fourth-order valence-corrected chi connectivity index (χ4v) is 8.65. The summed E-state index contributed by atoms with van der Waals surface area (Å²) in [5.41, 5.74) is 2.10. The molecule has 8 rings (SSSR count). The minimum Gasteiger partial charge on any atom is -0.461 e. The molecule has 3 aromatic rings. The first-order valence-electron chi connectivity index (χ1n) is 16.2. The maximum atomic E-state index is 16.8. The average Bonchev–Trinajstić information content (AvgIpc) is 3.37. The van der Waals surface area contributed by atoms with Gasteiger partial charge in [0.15, 0.2) is 5.82 Å². The smallest absolute Gasteiger partial charge is 0.319 e. The summed E-state index contributed by atoms with van der Waals surface area (Å²) >= 11 is 0. The maximum Gasteiger partial charge on any atom is 0.319 e. The lowest BCUT2D eigenvalue weighted by Gasteiger charge is -2.41. The van der Waals surface area contributed by atoms with E-state index in [0.29, 0.717) is 36.9 Å². The first-order valence-corrected chi connectivity index (χ1v) is 16.2. The Morgan fingerprint density at radius 2 is 2.09 bits per heavy atom.